The molecule has 0 aromatic carbocycles. The largest absolute Gasteiger partial charge is 0.481 e. The minimum atomic E-state index is -0.565. The Kier molecular flexibility index (Phi) is 5.11. The minimum absolute atomic E-state index is 0.432. The van der Waals surface area contributed by atoms with E-state index in [2.05, 4.69) is 25.7 Å². The normalized spacial score (nSPS) is 34.9. The van der Waals surface area contributed by atoms with Crippen LogP contribution < -0.4 is 0 Å². The van der Waals surface area contributed by atoms with E-state index in [1.807, 2.05) is 0 Å². The van der Waals surface area contributed by atoms with Gasteiger partial charge < -0.3 is 10.0 Å². The zero-order chi connectivity index (χ0) is 14.8. The van der Waals surface area contributed by atoms with Crippen LogP contribution in [0.2, 0.25) is 0 Å². The van der Waals surface area contributed by atoms with Crippen molar-refractivity contribution in [1.82, 2.24) is 4.90 Å². The second-order valence-electron chi connectivity index (χ2n) is 7.29. The maximum atomic E-state index is 11.6. The fourth-order valence-corrected chi connectivity index (χ4v) is 4.22. The molecule has 2 aliphatic rings. The molecule has 1 aliphatic heterocycles. The van der Waals surface area contributed by atoms with Crippen molar-refractivity contribution in [2.75, 3.05) is 13.1 Å². The monoisotopic (exact) mass is 281 g/mol. The van der Waals surface area contributed by atoms with Gasteiger partial charge in [-0.05, 0) is 63.5 Å². The van der Waals surface area contributed by atoms with Crippen molar-refractivity contribution in [3.8, 4) is 0 Å². The zero-order valence-electron chi connectivity index (χ0n) is 13.4. The summed E-state index contributed by atoms with van der Waals surface area (Å²) in [5, 5.41) is 9.57. The van der Waals surface area contributed by atoms with Gasteiger partial charge in [-0.1, -0.05) is 27.2 Å². The highest BCUT2D eigenvalue weighted by Gasteiger charge is 2.42. The Morgan fingerprint density at radius 1 is 1.20 bits per heavy atom. The second-order valence-corrected chi connectivity index (χ2v) is 7.29. The molecule has 3 unspecified atom stereocenters. The molecule has 1 saturated carbocycles. The average molecular weight is 281 g/mol. The van der Waals surface area contributed by atoms with Crippen LogP contribution in [0.5, 0.6) is 0 Å². The van der Waals surface area contributed by atoms with E-state index >= 15 is 0 Å². The summed E-state index contributed by atoms with van der Waals surface area (Å²) < 4.78 is 0. The molecule has 3 atom stereocenters. The Balaban J connectivity index is 1.92. The Hall–Kier alpha value is -0.570. The Bertz CT molecular complexity index is 334. The first-order valence-corrected chi connectivity index (χ1v) is 8.46. The third-order valence-electron chi connectivity index (χ3n) is 6.02. The van der Waals surface area contributed by atoms with Crippen molar-refractivity contribution in [2.45, 2.75) is 71.8 Å². The van der Waals surface area contributed by atoms with E-state index in [9.17, 15) is 9.90 Å². The van der Waals surface area contributed by atoms with Crippen LogP contribution in [0.1, 0.15) is 65.7 Å². The third-order valence-corrected chi connectivity index (χ3v) is 6.02. The summed E-state index contributed by atoms with van der Waals surface area (Å²) in [7, 11) is 0. The summed E-state index contributed by atoms with van der Waals surface area (Å²) >= 11 is 0. The molecule has 1 heterocycles. The summed E-state index contributed by atoms with van der Waals surface area (Å²) in [5.74, 6) is 1.11. The van der Waals surface area contributed by atoms with Gasteiger partial charge in [0.15, 0.2) is 0 Å². The Morgan fingerprint density at radius 3 is 2.35 bits per heavy atom. The van der Waals surface area contributed by atoms with E-state index in [-0.39, 0.29) is 0 Å². The highest BCUT2D eigenvalue weighted by atomic mass is 16.4. The lowest BCUT2D eigenvalue weighted by molar-refractivity contribution is -0.153. The molecule has 116 valence electrons. The van der Waals surface area contributed by atoms with Crippen molar-refractivity contribution in [1.29, 1.82) is 0 Å². The molecule has 2 fully saturated rings. The number of likely N-dealkylation sites (tertiary alicyclic amines) is 1. The van der Waals surface area contributed by atoms with Gasteiger partial charge in [0.2, 0.25) is 0 Å². The maximum absolute atomic E-state index is 11.6. The van der Waals surface area contributed by atoms with Crippen molar-refractivity contribution in [2.24, 2.45) is 17.3 Å². The van der Waals surface area contributed by atoms with Crippen LogP contribution in [0.3, 0.4) is 0 Å². The highest BCUT2D eigenvalue weighted by molar-refractivity contribution is 5.74. The number of piperidine rings is 1. The number of aliphatic carboxylic acids is 1. The second kappa shape index (κ2) is 6.46. The van der Waals surface area contributed by atoms with Crippen LogP contribution in [0.4, 0.5) is 0 Å². The highest BCUT2D eigenvalue weighted by Crippen LogP contribution is 2.39. The van der Waals surface area contributed by atoms with E-state index in [1.54, 1.807) is 0 Å². The molecule has 3 nitrogen and oxygen atoms in total. The van der Waals surface area contributed by atoms with Gasteiger partial charge >= 0.3 is 5.97 Å². The zero-order valence-corrected chi connectivity index (χ0v) is 13.4. The maximum Gasteiger partial charge on any atom is 0.309 e. The molecule has 1 aliphatic carbocycles. The molecular weight excluding hydrogens is 250 g/mol. The van der Waals surface area contributed by atoms with Gasteiger partial charge in [-0.2, -0.15) is 0 Å². The number of carboxylic acid groups (broad SMARTS) is 1. The fraction of sp³-hybridized carbons (Fsp3) is 0.941. The molecule has 0 spiro atoms. The number of nitrogens with zero attached hydrogens (tertiary/aromatic N) is 1. The van der Waals surface area contributed by atoms with Crippen LogP contribution in [0, 0.1) is 17.3 Å². The molecule has 0 aromatic rings. The van der Waals surface area contributed by atoms with E-state index < -0.39 is 11.4 Å². The van der Waals surface area contributed by atoms with Crippen molar-refractivity contribution >= 4 is 5.97 Å². The van der Waals surface area contributed by atoms with Crippen LogP contribution in [0.25, 0.3) is 0 Å². The molecule has 20 heavy (non-hydrogen) atoms. The smallest absolute Gasteiger partial charge is 0.309 e. The van der Waals surface area contributed by atoms with E-state index in [0.717, 1.165) is 50.6 Å². The van der Waals surface area contributed by atoms with Gasteiger partial charge in [0, 0.05) is 6.04 Å². The first-order valence-electron chi connectivity index (χ1n) is 8.46. The predicted molar refractivity (Wildman–Crippen MR) is 81.8 cm³/mol. The summed E-state index contributed by atoms with van der Waals surface area (Å²) in [6.45, 7) is 8.81. The lowest BCUT2D eigenvalue weighted by atomic mass is 9.73. The van der Waals surface area contributed by atoms with Crippen LogP contribution >= 0.6 is 0 Å². The molecule has 3 heteroatoms. The molecule has 0 bridgehead atoms. The van der Waals surface area contributed by atoms with E-state index in [4.69, 9.17) is 0 Å². The number of carboxylic acids is 1. The standard InChI is InChI=1S/C17H31NO2/c1-4-7-17(16(19)20)8-10-18(11-9-17)15-6-5-13(2)14(3)12-15/h13-15H,4-12H2,1-3H3,(H,19,20). The molecule has 1 N–H and O–H groups in total. The molecule has 0 amide bonds. The first kappa shape index (κ1) is 15.8. The summed E-state index contributed by atoms with van der Waals surface area (Å²) in [6.07, 6.45) is 7.45. The predicted octanol–water partition coefficient (Wildman–Crippen LogP) is 3.78. The van der Waals surface area contributed by atoms with Gasteiger partial charge in [0.1, 0.15) is 0 Å². The molecule has 1 saturated heterocycles. The van der Waals surface area contributed by atoms with Crippen LogP contribution in [-0.4, -0.2) is 35.1 Å². The van der Waals surface area contributed by atoms with Crippen LogP contribution in [-0.2, 0) is 4.79 Å². The molecule has 2 rings (SSSR count). The minimum Gasteiger partial charge on any atom is -0.481 e. The van der Waals surface area contributed by atoms with Gasteiger partial charge in [0.25, 0.3) is 0 Å². The fourth-order valence-electron chi connectivity index (χ4n) is 4.22. The number of carbonyl (C=O) groups is 1. The van der Waals surface area contributed by atoms with E-state index in [0.29, 0.717) is 6.04 Å². The summed E-state index contributed by atoms with van der Waals surface area (Å²) in [4.78, 5) is 14.2. The van der Waals surface area contributed by atoms with Crippen molar-refractivity contribution < 1.29 is 9.90 Å². The van der Waals surface area contributed by atoms with Gasteiger partial charge in [-0.3, -0.25) is 4.79 Å². The Labute approximate surface area is 123 Å². The third kappa shape index (κ3) is 3.19. The summed E-state index contributed by atoms with van der Waals surface area (Å²) in [6, 6.07) is 0.703. The van der Waals surface area contributed by atoms with Gasteiger partial charge in [-0.25, -0.2) is 0 Å². The molecule has 0 radical (unpaired) electrons. The quantitative estimate of drug-likeness (QED) is 0.852. The van der Waals surface area contributed by atoms with Crippen molar-refractivity contribution in [3.05, 3.63) is 0 Å². The van der Waals surface area contributed by atoms with Crippen LogP contribution in [0.15, 0.2) is 0 Å². The van der Waals surface area contributed by atoms with Gasteiger partial charge in [-0.15, -0.1) is 0 Å². The lowest BCUT2D eigenvalue weighted by Gasteiger charge is -2.45. The lowest BCUT2D eigenvalue weighted by Crippen LogP contribution is -2.49. The number of rotatable bonds is 4. The number of hydrogen-bond donors (Lipinski definition) is 1. The molecular formula is C17H31NO2. The molecule has 0 aromatic heterocycles. The SMILES string of the molecule is CCCC1(C(=O)O)CCN(C2CCC(C)C(C)C2)CC1. The van der Waals surface area contributed by atoms with Crippen molar-refractivity contribution in [3.63, 3.8) is 0 Å². The topological polar surface area (TPSA) is 40.5 Å². The van der Waals surface area contributed by atoms with Gasteiger partial charge in [0.05, 0.1) is 5.41 Å². The van der Waals surface area contributed by atoms with E-state index in [1.165, 1.54) is 19.3 Å². The number of hydrogen-bond acceptors (Lipinski definition) is 2. The summed E-state index contributed by atoms with van der Waals surface area (Å²) in [5.41, 5.74) is -0.432. The average Bonchev–Trinajstić information content (AvgIpc) is 2.43. The Morgan fingerprint density at radius 2 is 1.85 bits per heavy atom. The first-order chi connectivity index (χ1) is 9.48.